The maximum atomic E-state index is 6.65. The zero-order valence-corrected chi connectivity index (χ0v) is 38.7. The maximum absolute atomic E-state index is 6.65. The Labute approximate surface area is 366 Å². The first-order chi connectivity index (χ1) is 29.1. The van der Waals surface area contributed by atoms with E-state index in [9.17, 15) is 0 Å². The van der Waals surface area contributed by atoms with Crippen LogP contribution in [0, 0.1) is 5.41 Å². The second kappa shape index (κ2) is 18.5. The van der Waals surface area contributed by atoms with E-state index in [1.165, 1.54) is 27.8 Å². The number of benzene rings is 5. The van der Waals surface area contributed by atoms with E-state index >= 15 is 0 Å². The van der Waals surface area contributed by atoms with E-state index in [2.05, 4.69) is 202 Å². The van der Waals surface area contributed by atoms with Crippen molar-refractivity contribution in [2.45, 2.75) is 77.0 Å². The topological polar surface area (TPSA) is 55.4 Å². The Morgan fingerprint density at radius 1 is 0.475 bits per heavy atom. The van der Waals surface area contributed by atoms with Crippen LogP contribution in [0.2, 0.25) is 0 Å². The third kappa shape index (κ3) is 9.97. The van der Waals surface area contributed by atoms with Crippen molar-refractivity contribution in [2.24, 2.45) is 5.41 Å². The zero-order chi connectivity index (χ0) is 43.3. The van der Waals surface area contributed by atoms with Gasteiger partial charge in [-0.2, -0.15) is 0 Å². The Bertz CT molecular complexity index is 2300. The lowest BCUT2D eigenvalue weighted by atomic mass is 9.73. The van der Waals surface area contributed by atoms with Gasteiger partial charge in [0.2, 0.25) is 0 Å². The lowest BCUT2D eigenvalue weighted by Gasteiger charge is -2.41. The fraction of sp³-hybridized carbons (Fsp3) is 0.321. The summed E-state index contributed by atoms with van der Waals surface area (Å²) in [6, 6.07) is 44.8. The van der Waals surface area contributed by atoms with E-state index < -0.39 is 22.6 Å². The molecule has 0 bridgehead atoms. The van der Waals surface area contributed by atoms with Gasteiger partial charge in [0.25, 0.3) is 0 Å². The van der Waals surface area contributed by atoms with Crippen LogP contribution in [0.25, 0.3) is 0 Å². The van der Waals surface area contributed by atoms with Gasteiger partial charge in [-0.3, -0.25) is 0 Å². The Balaban J connectivity index is 1.05. The van der Waals surface area contributed by atoms with Crippen LogP contribution in [0.5, 0.6) is 11.5 Å². The Kier molecular flexibility index (Phi) is 13.6. The van der Waals surface area contributed by atoms with Crippen LogP contribution < -0.4 is 9.05 Å². The highest BCUT2D eigenvalue weighted by atomic mass is 31.2. The van der Waals surface area contributed by atoms with E-state index in [1.54, 1.807) is 6.08 Å². The Morgan fingerprint density at radius 3 is 1.30 bits per heavy atom. The summed E-state index contributed by atoms with van der Waals surface area (Å²) in [6.45, 7) is 23.2. The molecule has 0 radical (unpaired) electrons. The number of hydrogen-bond acceptors (Lipinski definition) is 6. The van der Waals surface area contributed by atoms with E-state index in [-0.39, 0.29) is 21.7 Å². The predicted octanol–water partition coefficient (Wildman–Crippen LogP) is 14.2. The molecule has 8 heteroatoms. The standard InChI is InChI=1S/C53H60O6P2/c1-10-11-12-22-33-49(2,3)45-34-43(50(4,5)40-23-16-13-17-24-40)29-31-47(45)58-60-54-36-53(37-55-60)38-56-61(57-39-53)59-48-32-30-44(51(6,7)41-25-18-14-19-26-41)35-46(48)52(8,9)42-27-20-15-21-28-42/h10-35H,1,36-39H2,2-9H3/b12-11-,33-22+. The largest absolute Gasteiger partial charge is 0.426 e. The van der Waals surface area contributed by atoms with Gasteiger partial charge in [0.1, 0.15) is 11.5 Å². The minimum atomic E-state index is -1.67. The Hall–Kier alpha value is -4.38. The van der Waals surface area contributed by atoms with Crippen LogP contribution in [0.1, 0.15) is 94.3 Å². The van der Waals surface area contributed by atoms with E-state index in [0.717, 1.165) is 22.6 Å². The van der Waals surface area contributed by atoms with Crippen molar-refractivity contribution in [1.29, 1.82) is 0 Å². The third-order valence-corrected chi connectivity index (χ3v) is 14.4. The van der Waals surface area contributed by atoms with Crippen molar-refractivity contribution in [3.63, 3.8) is 0 Å². The van der Waals surface area contributed by atoms with Gasteiger partial charge >= 0.3 is 17.2 Å². The molecule has 318 valence electrons. The lowest BCUT2D eigenvalue weighted by molar-refractivity contribution is -0.0673. The Morgan fingerprint density at radius 2 is 0.869 bits per heavy atom. The summed E-state index contributed by atoms with van der Waals surface area (Å²) < 4.78 is 38.7. The van der Waals surface area contributed by atoms with Crippen LogP contribution in [0.15, 0.2) is 164 Å². The van der Waals surface area contributed by atoms with Crippen LogP contribution in [0.4, 0.5) is 0 Å². The monoisotopic (exact) mass is 854 g/mol. The highest BCUT2D eigenvalue weighted by Crippen LogP contribution is 2.55. The molecular weight excluding hydrogens is 795 g/mol. The van der Waals surface area contributed by atoms with E-state index in [1.807, 2.05) is 12.2 Å². The average Bonchev–Trinajstić information content (AvgIpc) is 3.28. The molecule has 1 spiro atoms. The molecule has 0 unspecified atom stereocenters. The number of allylic oxidation sites excluding steroid dienone is 5. The van der Waals surface area contributed by atoms with Gasteiger partial charge in [0.15, 0.2) is 0 Å². The molecule has 0 N–H and O–H groups in total. The first kappa shape index (κ1) is 44.7. The fourth-order valence-electron chi connectivity index (χ4n) is 7.92. The molecule has 0 aromatic heterocycles. The van der Waals surface area contributed by atoms with E-state index in [4.69, 9.17) is 27.1 Å². The van der Waals surface area contributed by atoms with Crippen LogP contribution in [-0.4, -0.2) is 26.4 Å². The molecule has 0 aliphatic carbocycles. The smallest absolute Gasteiger partial charge is 0.397 e. The highest BCUT2D eigenvalue weighted by Gasteiger charge is 2.46. The van der Waals surface area contributed by atoms with Gasteiger partial charge in [-0.15, -0.1) is 0 Å². The van der Waals surface area contributed by atoms with Crippen LogP contribution in [0.3, 0.4) is 0 Å². The quantitative estimate of drug-likeness (QED) is 0.0819. The van der Waals surface area contributed by atoms with Crippen LogP contribution >= 0.6 is 17.2 Å². The van der Waals surface area contributed by atoms with Crippen molar-refractivity contribution < 1.29 is 27.1 Å². The summed E-state index contributed by atoms with van der Waals surface area (Å²) in [6.07, 6.45) is 9.92. The second-order valence-electron chi connectivity index (χ2n) is 18.3. The molecule has 5 aromatic rings. The summed E-state index contributed by atoms with van der Waals surface area (Å²) in [5.74, 6) is 1.48. The van der Waals surface area contributed by atoms with Crippen molar-refractivity contribution in [3.05, 3.63) is 203 Å². The molecule has 0 saturated carbocycles. The minimum Gasteiger partial charge on any atom is -0.426 e. The summed E-state index contributed by atoms with van der Waals surface area (Å²) in [5.41, 5.74) is 6.56. The first-order valence-electron chi connectivity index (χ1n) is 21.1. The van der Waals surface area contributed by atoms with Gasteiger partial charge in [-0.05, 0) is 39.9 Å². The molecule has 2 aliphatic rings. The van der Waals surface area contributed by atoms with E-state index in [0.29, 0.717) is 26.4 Å². The zero-order valence-electron chi connectivity index (χ0n) is 36.9. The van der Waals surface area contributed by atoms with Gasteiger partial charge in [-0.25, -0.2) is 0 Å². The molecule has 61 heavy (non-hydrogen) atoms. The van der Waals surface area contributed by atoms with Gasteiger partial charge < -0.3 is 27.1 Å². The van der Waals surface area contributed by atoms with Crippen molar-refractivity contribution in [1.82, 2.24) is 0 Å². The SMILES string of the molecule is C=C/C=C\C=C\C(C)(C)c1cc(C(C)(C)c2ccccc2)ccc1OP1OCC2(CO1)COP(Oc1ccc(C(C)(C)c3ccccc3)cc1C(C)(C)c1ccccc1)OC2. The van der Waals surface area contributed by atoms with Crippen molar-refractivity contribution in [2.75, 3.05) is 26.4 Å². The van der Waals surface area contributed by atoms with Crippen LogP contribution in [-0.2, 0) is 39.8 Å². The molecule has 2 aliphatic heterocycles. The summed E-state index contributed by atoms with van der Waals surface area (Å²) in [4.78, 5) is 0. The lowest BCUT2D eigenvalue weighted by Crippen LogP contribution is -2.45. The van der Waals surface area contributed by atoms with Crippen molar-refractivity contribution in [3.8, 4) is 11.5 Å². The molecule has 0 atom stereocenters. The predicted molar refractivity (Wildman–Crippen MR) is 251 cm³/mol. The summed E-state index contributed by atoms with van der Waals surface area (Å²) >= 11 is 0. The molecule has 2 heterocycles. The van der Waals surface area contributed by atoms with Gasteiger partial charge in [0, 0.05) is 32.8 Å². The normalized spacial score (nSPS) is 20.3. The van der Waals surface area contributed by atoms with Gasteiger partial charge in [0.05, 0.1) is 31.8 Å². The third-order valence-electron chi connectivity index (χ3n) is 12.4. The number of hydrogen-bond donors (Lipinski definition) is 0. The molecular formula is C53H60O6P2. The molecule has 2 saturated heterocycles. The van der Waals surface area contributed by atoms with Crippen molar-refractivity contribution >= 4 is 17.2 Å². The molecule has 5 aromatic carbocycles. The second-order valence-corrected chi connectivity index (χ2v) is 20.6. The summed E-state index contributed by atoms with van der Waals surface area (Å²) in [7, 11) is -3.34. The molecule has 0 amide bonds. The average molecular weight is 855 g/mol. The molecule has 7 rings (SSSR count). The fourth-order valence-corrected chi connectivity index (χ4v) is 10.4. The molecule has 6 nitrogen and oxygen atoms in total. The highest BCUT2D eigenvalue weighted by molar-refractivity contribution is 7.42. The minimum absolute atomic E-state index is 0.221. The first-order valence-corrected chi connectivity index (χ1v) is 23.3. The maximum Gasteiger partial charge on any atom is 0.397 e. The molecule has 2 fully saturated rings. The summed E-state index contributed by atoms with van der Waals surface area (Å²) in [5, 5.41) is 0. The van der Waals surface area contributed by atoms with Gasteiger partial charge in [-0.1, -0.05) is 208 Å². The number of rotatable bonds is 14.